The van der Waals surface area contributed by atoms with E-state index >= 15 is 0 Å². The van der Waals surface area contributed by atoms with Crippen molar-refractivity contribution in [3.63, 3.8) is 0 Å². The molecule has 9 heteroatoms. The van der Waals surface area contributed by atoms with E-state index in [1.54, 1.807) is 0 Å². The normalized spacial score (nSPS) is 10.1. The van der Waals surface area contributed by atoms with Crippen LogP contribution in [0.25, 0.3) is 0 Å². The number of nitro groups is 1. The number of halogens is 3. The number of nitrogens with zero attached hydrogens (tertiary/aromatic N) is 1. The third-order valence-corrected chi connectivity index (χ3v) is 2.50. The van der Waals surface area contributed by atoms with Crippen molar-refractivity contribution in [3.8, 4) is 5.75 Å². The molecule has 0 spiro atoms. The van der Waals surface area contributed by atoms with Crippen LogP contribution in [0.1, 0.15) is 0 Å². The van der Waals surface area contributed by atoms with Gasteiger partial charge in [-0.15, -0.1) is 0 Å². The minimum atomic E-state index is -1.40. The first-order valence-electron chi connectivity index (χ1n) is 5.74. The van der Waals surface area contributed by atoms with Gasteiger partial charge in [-0.25, -0.2) is 18.0 Å². The number of anilines is 1. The standard InChI is InChI=1S/C13H7F3N2O4/c14-9-5-11(16)12(6-10(9)15)17-13(19)22-8-3-1-7(2-4-8)18(20)21/h1-6H,(H,17,19). The van der Waals surface area contributed by atoms with Gasteiger partial charge in [0.05, 0.1) is 10.6 Å². The highest BCUT2D eigenvalue weighted by atomic mass is 19.2. The number of rotatable bonds is 3. The molecule has 0 aromatic heterocycles. The fourth-order valence-corrected chi connectivity index (χ4v) is 1.50. The predicted molar refractivity (Wildman–Crippen MR) is 69.1 cm³/mol. The predicted octanol–water partition coefficient (Wildman–Crippen LogP) is 3.62. The van der Waals surface area contributed by atoms with Crippen LogP contribution in [0.3, 0.4) is 0 Å². The van der Waals surface area contributed by atoms with E-state index in [1.807, 2.05) is 5.32 Å². The lowest BCUT2D eigenvalue weighted by atomic mass is 10.3. The largest absolute Gasteiger partial charge is 0.417 e. The Balaban J connectivity index is 2.07. The van der Waals surface area contributed by atoms with Gasteiger partial charge in [-0.2, -0.15) is 0 Å². The molecule has 0 radical (unpaired) electrons. The molecule has 0 aliphatic heterocycles. The number of amides is 1. The fourth-order valence-electron chi connectivity index (χ4n) is 1.50. The fraction of sp³-hybridized carbons (Fsp3) is 0. The van der Waals surface area contributed by atoms with Crippen molar-refractivity contribution in [1.82, 2.24) is 0 Å². The van der Waals surface area contributed by atoms with Crippen LogP contribution in [-0.2, 0) is 0 Å². The summed E-state index contributed by atoms with van der Waals surface area (Å²) in [5.41, 5.74) is -0.815. The van der Waals surface area contributed by atoms with Gasteiger partial charge in [0.2, 0.25) is 0 Å². The molecular formula is C13H7F3N2O4. The summed E-state index contributed by atoms with van der Waals surface area (Å²) in [5, 5.41) is 12.3. The molecule has 1 amide bonds. The van der Waals surface area contributed by atoms with Crippen LogP contribution in [0, 0.1) is 27.6 Å². The second-order valence-corrected chi connectivity index (χ2v) is 4.01. The quantitative estimate of drug-likeness (QED) is 0.533. The number of non-ortho nitro benzene ring substituents is 1. The van der Waals surface area contributed by atoms with Gasteiger partial charge in [0.1, 0.15) is 11.6 Å². The Morgan fingerprint density at radius 2 is 1.64 bits per heavy atom. The van der Waals surface area contributed by atoms with Gasteiger partial charge in [0, 0.05) is 24.3 Å². The molecule has 0 bridgehead atoms. The highest BCUT2D eigenvalue weighted by molar-refractivity contribution is 5.86. The van der Waals surface area contributed by atoms with Crippen LogP contribution in [0.15, 0.2) is 36.4 Å². The first-order chi connectivity index (χ1) is 10.4. The third kappa shape index (κ3) is 3.51. The van der Waals surface area contributed by atoms with E-state index < -0.39 is 34.2 Å². The van der Waals surface area contributed by atoms with Crippen LogP contribution < -0.4 is 10.1 Å². The van der Waals surface area contributed by atoms with Crippen molar-refractivity contribution in [2.24, 2.45) is 0 Å². The molecule has 22 heavy (non-hydrogen) atoms. The number of ether oxygens (including phenoxy) is 1. The second kappa shape index (κ2) is 6.12. The van der Waals surface area contributed by atoms with Crippen LogP contribution >= 0.6 is 0 Å². The second-order valence-electron chi connectivity index (χ2n) is 4.01. The maximum absolute atomic E-state index is 13.3. The van der Waals surface area contributed by atoms with Crippen molar-refractivity contribution in [3.05, 3.63) is 64.0 Å². The minimum Gasteiger partial charge on any atom is -0.410 e. The lowest BCUT2D eigenvalue weighted by Crippen LogP contribution is -2.18. The SMILES string of the molecule is O=C(Nc1cc(F)c(F)cc1F)Oc1ccc([N+](=O)[O-])cc1. The molecule has 0 unspecified atom stereocenters. The molecule has 2 aromatic carbocycles. The first kappa shape index (κ1) is 15.3. The number of nitro benzene ring substituents is 1. The molecule has 0 atom stereocenters. The summed E-state index contributed by atoms with van der Waals surface area (Å²) in [5.74, 6) is -3.97. The number of hydrogen-bond acceptors (Lipinski definition) is 4. The molecule has 0 aliphatic rings. The van der Waals surface area contributed by atoms with Gasteiger partial charge in [-0.1, -0.05) is 0 Å². The zero-order valence-electron chi connectivity index (χ0n) is 10.7. The number of carbonyl (C=O) groups excluding carboxylic acids is 1. The summed E-state index contributed by atoms with van der Waals surface area (Å²) < 4.78 is 43.7. The molecule has 114 valence electrons. The molecule has 0 heterocycles. The number of carbonyl (C=O) groups is 1. The average molecular weight is 312 g/mol. The summed E-state index contributed by atoms with van der Waals surface area (Å²) in [6.07, 6.45) is -1.17. The van der Waals surface area contributed by atoms with E-state index in [0.717, 1.165) is 24.3 Å². The lowest BCUT2D eigenvalue weighted by molar-refractivity contribution is -0.384. The summed E-state index contributed by atoms with van der Waals surface area (Å²) in [6, 6.07) is 5.23. The molecule has 0 fully saturated rings. The Labute approximate surface area is 121 Å². The van der Waals surface area contributed by atoms with Crippen molar-refractivity contribution >= 4 is 17.5 Å². The summed E-state index contributed by atoms with van der Waals surface area (Å²) in [7, 11) is 0. The van der Waals surface area contributed by atoms with E-state index in [0.29, 0.717) is 6.07 Å². The van der Waals surface area contributed by atoms with E-state index in [4.69, 9.17) is 4.74 Å². The molecule has 1 N–H and O–H groups in total. The van der Waals surface area contributed by atoms with Gasteiger partial charge in [0.15, 0.2) is 11.6 Å². The van der Waals surface area contributed by atoms with Crippen LogP contribution in [0.5, 0.6) is 5.75 Å². The number of hydrogen-bond donors (Lipinski definition) is 1. The molecule has 2 rings (SSSR count). The molecule has 0 saturated heterocycles. The number of benzene rings is 2. The zero-order valence-corrected chi connectivity index (χ0v) is 10.7. The van der Waals surface area contributed by atoms with Gasteiger partial charge in [-0.05, 0) is 12.1 Å². The van der Waals surface area contributed by atoms with Gasteiger partial charge in [-0.3, -0.25) is 15.4 Å². The maximum atomic E-state index is 13.3. The highest BCUT2D eigenvalue weighted by Crippen LogP contribution is 2.20. The molecule has 2 aromatic rings. The topological polar surface area (TPSA) is 81.5 Å². The third-order valence-electron chi connectivity index (χ3n) is 2.50. The van der Waals surface area contributed by atoms with Crippen molar-refractivity contribution in [2.45, 2.75) is 0 Å². The Hall–Kier alpha value is -3.10. The Kier molecular flexibility index (Phi) is 4.25. The highest BCUT2D eigenvalue weighted by Gasteiger charge is 2.14. The van der Waals surface area contributed by atoms with E-state index in [-0.39, 0.29) is 17.5 Å². The number of nitrogens with one attached hydrogen (secondary N) is 1. The monoisotopic (exact) mass is 312 g/mol. The Morgan fingerprint density at radius 3 is 2.23 bits per heavy atom. The molecule has 0 saturated carbocycles. The molecule has 0 aliphatic carbocycles. The summed E-state index contributed by atoms with van der Waals surface area (Å²) >= 11 is 0. The van der Waals surface area contributed by atoms with Crippen molar-refractivity contribution in [2.75, 3.05) is 5.32 Å². The lowest BCUT2D eigenvalue weighted by Gasteiger charge is -2.07. The van der Waals surface area contributed by atoms with Gasteiger partial charge in [0.25, 0.3) is 5.69 Å². The van der Waals surface area contributed by atoms with Crippen molar-refractivity contribution in [1.29, 1.82) is 0 Å². The van der Waals surface area contributed by atoms with Crippen LogP contribution in [0.2, 0.25) is 0 Å². The van der Waals surface area contributed by atoms with Gasteiger partial charge >= 0.3 is 6.09 Å². The van der Waals surface area contributed by atoms with E-state index in [1.165, 1.54) is 0 Å². The summed E-state index contributed by atoms with van der Waals surface area (Å²) in [6.45, 7) is 0. The Morgan fingerprint density at radius 1 is 1.05 bits per heavy atom. The average Bonchev–Trinajstić information content (AvgIpc) is 2.45. The van der Waals surface area contributed by atoms with Crippen LogP contribution in [0.4, 0.5) is 29.3 Å². The maximum Gasteiger partial charge on any atom is 0.417 e. The van der Waals surface area contributed by atoms with Gasteiger partial charge < -0.3 is 4.74 Å². The smallest absolute Gasteiger partial charge is 0.410 e. The summed E-state index contributed by atoms with van der Waals surface area (Å²) in [4.78, 5) is 21.3. The van der Waals surface area contributed by atoms with Crippen LogP contribution in [-0.4, -0.2) is 11.0 Å². The molecule has 6 nitrogen and oxygen atoms in total. The zero-order chi connectivity index (χ0) is 16.3. The molecular weight excluding hydrogens is 305 g/mol. The Bertz CT molecular complexity index is 735. The first-order valence-corrected chi connectivity index (χ1v) is 5.74. The van der Waals surface area contributed by atoms with E-state index in [9.17, 15) is 28.1 Å². The van der Waals surface area contributed by atoms with E-state index in [2.05, 4.69) is 0 Å². The minimum absolute atomic E-state index is 0.0499. The van der Waals surface area contributed by atoms with Crippen molar-refractivity contribution < 1.29 is 27.6 Å².